The molecule has 172 valence electrons. The molecule has 0 amide bonds. The van der Waals surface area contributed by atoms with E-state index in [4.69, 9.17) is 21.0 Å². The van der Waals surface area contributed by atoms with Crippen molar-refractivity contribution in [3.63, 3.8) is 0 Å². The van der Waals surface area contributed by atoms with Crippen molar-refractivity contribution >= 4 is 41.5 Å². The Kier molecular flexibility index (Phi) is 10.6. The van der Waals surface area contributed by atoms with Crippen molar-refractivity contribution in [1.82, 2.24) is 20.5 Å². The third kappa shape index (κ3) is 7.95. The van der Waals surface area contributed by atoms with E-state index in [2.05, 4.69) is 46.5 Å². The van der Waals surface area contributed by atoms with Gasteiger partial charge in [-0.25, -0.2) is 4.98 Å². The van der Waals surface area contributed by atoms with E-state index in [1.165, 1.54) is 5.56 Å². The maximum atomic E-state index is 6.00. The molecule has 2 N–H and O–H groups in total. The third-order valence-electron chi connectivity index (χ3n) is 5.71. The third-order valence-corrected chi connectivity index (χ3v) is 5.97. The number of benzene rings is 1. The number of aliphatic imine (C=N–C) groups is 1. The minimum atomic E-state index is 0. The van der Waals surface area contributed by atoms with Crippen LogP contribution in [-0.2, 0) is 6.54 Å². The largest absolute Gasteiger partial charge is 0.444 e. The summed E-state index contributed by atoms with van der Waals surface area (Å²) in [6.07, 6.45) is 2.29. The summed E-state index contributed by atoms with van der Waals surface area (Å²) < 4.78 is 5.73. The van der Waals surface area contributed by atoms with Crippen LogP contribution in [0, 0.1) is 19.8 Å². The van der Waals surface area contributed by atoms with Gasteiger partial charge in [0.1, 0.15) is 5.76 Å². The lowest BCUT2D eigenvalue weighted by Crippen LogP contribution is -2.39. The van der Waals surface area contributed by atoms with Crippen molar-refractivity contribution < 1.29 is 4.42 Å². The van der Waals surface area contributed by atoms with Crippen molar-refractivity contribution in [3.8, 4) is 0 Å². The fourth-order valence-corrected chi connectivity index (χ4v) is 3.83. The van der Waals surface area contributed by atoms with Crippen LogP contribution >= 0.6 is 35.6 Å². The molecule has 2 heterocycles. The molecule has 0 radical (unpaired) electrons. The first kappa shape index (κ1) is 25.9. The quantitative estimate of drug-likeness (QED) is 0.281. The van der Waals surface area contributed by atoms with Crippen molar-refractivity contribution in [2.24, 2.45) is 10.9 Å². The molecular weight excluding hydrogens is 525 g/mol. The molecule has 6 nitrogen and oxygen atoms in total. The van der Waals surface area contributed by atoms with Gasteiger partial charge in [0.05, 0.1) is 18.3 Å². The first-order chi connectivity index (χ1) is 14.4. The average Bonchev–Trinajstić information content (AvgIpc) is 3.04. The number of rotatable bonds is 7. The Bertz CT molecular complexity index is 811. The highest BCUT2D eigenvalue weighted by atomic mass is 127. The zero-order valence-corrected chi connectivity index (χ0v) is 22.0. The summed E-state index contributed by atoms with van der Waals surface area (Å²) in [4.78, 5) is 11.8. The number of piperidine rings is 1. The van der Waals surface area contributed by atoms with Gasteiger partial charge in [0.25, 0.3) is 0 Å². The molecule has 0 saturated carbocycles. The van der Waals surface area contributed by atoms with Crippen molar-refractivity contribution in [3.05, 3.63) is 52.2 Å². The molecular formula is C23H35ClIN5O. The van der Waals surface area contributed by atoms with Crippen LogP contribution in [0.2, 0.25) is 5.02 Å². The highest BCUT2D eigenvalue weighted by Crippen LogP contribution is 2.20. The molecule has 1 atom stereocenters. The molecule has 1 aliphatic rings. The van der Waals surface area contributed by atoms with Crippen LogP contribution < -0.4 is 10.6 Å². The van der Waals surface area contributed by atoms with Crippen molar-refractivity contribution in [2.45, 2.75) is 53.1 Å². The van der Waals surface area contributed by atoms with Gasteiger partial charge in [0.2, 0.25) is 5.89 Å². The molecule has 1 fully saturated rings. The Balaban J connectivity index is 0.00000341. The van der Waals surface area contributed by atoms with E-state index < -0.39 is 0 Å². The predicted molar refractivity (Wildman–Crippen MR) is 138 cm³/mol. The molecule has 0 aliphatic carbocycles. The molecule has 31 heavy (non-hydrogen) atoms. The second-order valence-corrected chi connectivity index (χ2v) is 8.54. The van der Waals surface area contributed by atoms with Crippen LogP contribution in [0.5, 0.6) is 0 Å². The normalized spacial score (nSPS) is 16.6. The molecule has 8 heteroatoms. The fraction of sp³-hybridized carbons (Fsp3) is 0.565. The van der Waals surface area contributed by atoms with Gasteiger partial charge in [0, 0.05) is 18.1 Å². The molecule has 2 aromatic rings. The number of hydrogen-bond donors (Lipinski definition) is 2. The molecule has 1 aromatic carbocycles. The molecule has 1 aromatic heterocycles. The van der Waals surface area contributed by atoms with E-state index in [0.717, 1.165) is 73.9 Å². The van der Waals surface area contributed by atoms with Gasteiger partial charge >= 0.3 is 0 Å². The number of aryl methyl sites for hydroxylation is 2. The number of aromatic nitrogens is 1. The van der Waals surface area contributed by atoms with Crippen molar-refractivity contribution in [2.75, 3.05) is 26.2 Å². The summed E-state index contributed by atoms with van der Waals surface area (Å²) in [7, 11) is 0. The summed E-state index contributed by atoms with van der Waals surface area (Å²) in [5.41, 5.74) is 2.18. The first-order valence-corrected chi connectivity index (χ1v) is 11.3. The standard InChI is InChI=1S/C23H34ClN5O.HI/c1-5-25-23(28-17(3)20-6-8-21(24)9-7-20)26-14-19-10-12-29(13-11-19)15-22-27-16(2)18(4)30-22;/h6-9,17,19H,5,10-15H2,1-4H3,(H2,25,26,28);1H. The van der Waals surface area contributed by atoms with Gasteiger partial charge in [-0.15, -0.1) is 24.0 Å². The molecule has 1 aliphatic heterocycles. The van der Waals surface area contributed by atoms with Gasteiger partial charge in [-0.05, 0) is 77.2 Å². The van der Waals surface area contributed by atoms with Crippen LogP contribution in [0.25, 0.3) is 0 Å². The Hall–Kier alpha value is -1.32. The summed E-state index contributed by atoms with van der Waals surface area (Å²) in [5, 5.41) is 7.63. The lowest BCUT2D eigenvalue weighted by Gasteiger charge is -2.30. The zero-order valence-electron chi connectivity index (χ0n) is 18.9. The van der Waals surface area contributed by atoms with Gasteiger partial charge in [-0.3, -0.25) is 9.89 Å². The number of hydrogen-bond acceptors (Lipinski definition) is 4. The highest BCUT2D eigenvalue weighted by Gasteiger charge is 2.21. The Morgan fingerprint density at radius 3 is 2.52 bits per heavy atom. The summed E-state index contributed by atoms with van der Waals surface area (Å²) in [6, 6.07) is 8.11. The summed E-state index contributed by atoms with van der Waals surface area (Å²) >= 11 is 6.00. The monoisotopic (exact) mass is 559 g/mol. The van der Waals surface area contributed by atoms with Gasteiger partial charge in [-0.2, -0.15) is 0 Å². The van der Waals surface area contributed by atoms with Crippen LogP contribution in [0.4, 0.5) is 0 Å². The maximum Gasteiger partial charge on any atom is 0.208 e. The number of halogens is 2. The second-order valence-electron chi connectivity index (χ2n) is 8.11. The molecule has 3 rings (SSSR count). The molecule has 0 spiro atoms. The Labute approximate surface area is 208 Å². The topological polar surface area (TPSA) is 65.7 Å². The van der Waals surface area contributed by atoms with Crippen molar-refractivity contribution in [1.29, 1.82) is 0 Å². The highest BCUT2D eigenvalue weighted by molar-refractivity contribution is 14.0. The smallest absolute Gasteiger partial charge is 0.208 e. The second kappa shape index (κ2) is 12.6. The lowest BCUT2D eigenvalue weighted by molar-refractivity contribution is 0.166. The SMILES string of the molecule is CCNC(=NCC1CCN(Cc2nc(C)c(C)o2)CC1)NC(C)c1ccc(Cl)cc1.I. The molecule has 1 unspecified atom stereocenters. The predicted octanol–water partition coefficient (Wildman–Crippen LogP) is 5.09. The number of guanidine groups is 1. The average molecular weight is 560 g/mol. The first-order valence-electron chi connectivity index (χ1n) is 10.9. The van der Waals surface area contributed by atoms with E-state index >= 15 is 0 Å². The van der Waals surface area contributed by atoms with E-state index in [1.807, 2.05) is 26.0 Å². The van der Waals surface area contributed by atoms with Crippen LogP contribution in [0.3, 0.4) is 0 Å². The fourth-order valence-electron chi connectivity index (χ4n) is 3.71. The van der Waals surface area contributed by atoms with Gasteiger partial charge < -0.3 is 15.1 Å². The van der Waals surface area contributed by atoms with E-state index in [-0.39, 0.29) is 30.0 Å². The lowest BCUT2D eigenvalue weighted by atomic mass is 9.97. The van der Waals surface area contributed by atoms with Crippen LogP contribution in [0.15, 0.2) is 33.7 Å². The maximum absolute atomic E-state index is 6.00. The summed E-state index contributed by atoms with van der Waals surface area (Å²) in [6.45, 7) is 12.8. The number of oxazole rings is 1. The zero-order chi connectivity index (χ0) is 21.5. The van der Waals surface area contributed by atoms with E-state index in [0.29, 0.717) is 5.92 Å². The van der Waals surface area contributed by atoms with Gasteiger partial charge in [-0.1, -0.05) is 23.7 Å². The summed E-state index contributed by atoms with van der Waals surface area (Å²) in [5.74, 6) is 3.23. The molecule has 0 bridgehead atoms. The van der Waals surface area contributed by atoms with E-state index in [1.54, 1.807) is 0 Å². The number of nitrogens with zero attached hydrogens (tertiary/aromatic N) is 3. The van der Waals surface area contributed by atoms with Gasteiger partial charge in [0.15, 0.2) is 5.96 Å². The van der Waals surface area contributed by atoms with Crippen LogP contribution in [-0.4, -0.2) is 42.0 Å². The van der Waals surface area contributed by atoms with Crippen LogP contribution in [0.1, 0.15) is 55.6 Å². The minimum Gasteiger partial charge on any atom is -0.444 e. The number of likely N-dealkylation sites (tertiary alicyclic amines) is 1. The Morgan fingerprint density at radius 1 is 1.26 bits per heavy atom. The number of nitrogens with one attached hydrogen (secondary N) is 2. The molecule has 1 saturated heterocycles. The Morgan fingerprint density at radius 2 is 1.94 bits per heavy atom. The minimum absolute atomic E-state index is 0. The van der Waals surface area contributed by atoms with E-state index in [9.17, 15) is 0 Å².